The van der Waals surface area contributed by atoms with Crippen molar-refractivity contribution in [1.29, 1.82) is 0 Å². The number of primary amides is 1. The van der Waals surface area contributed by atoms with Crippen molar-refractivity contribution in [2.24, 2.45) is 5.73 Å². The lowest BCUT2D eigenvalue weighted by Crippen LogP contribution is -2.13. The van der Waals surface area contributed by atoms with Gasteiger partial charge in [0.1, 0.15) is 0 Å². The number of nitrogen functional groups attached to an aromatic ring is 1. The number of nitrogens with two attached hydrogens (primary N) is 2. The van der Waals surface area contributed by atoms with Crippen LogP contribution in [0.5, 0.6) is 0 Å². The molecule has 0 saturated heterocycles. The molecule has 98 valence electrons. The Morgan fingerprint density at radius 2 is 1.95 bits per heavy atom. The van der Waals surface area contributed by atoms with E-state index in [9.17, 15) is 4.79 Å². The predicted octanol–water partition coefficient (Wildman–Crippen LogP) is 3.07. The van der Waals surface area contributed by atoms with Crippen LogP contribution in [0.3, 0.4) is 0 Å². The minimum Gasteiger partial charge on any atom is -0.398 e. The van der Waals surface area contributed by atoms with E-state index in [2.05, 4.69) is 5.32 Å². The quantitative estimate of drug-likeness (QED) is 0.753. The first-order valence-corrected chi connectivity index (χ1v) is 6.07. The van der Waals surface area contributed by atoms with Crippen molar-refractivity contribution in [3.63, 3.8) is 0 Å². The van der Waals surface area contributed by atoms with Gasteiger partial charge in [0.05, 0.1) is 5.56 Å². The zero-order valence-electron chi connectivity index (χ0n) is 10.4. The molecule has 1 amide bonds. The van der Waals surface area contributed by atoms with Crippen molar-refractivity contribution in [3.05, 3.63) is 52.5 Å². The van der Waals surface area contributed by atoms with Gasteiger partial charge in [-0.1, -0.05) is 17.7 Å². The molecule has 0 atom stereocenters. The molecule has 5 heteroatoms. The zero-order valence-corrected chi connectivity index (χ0v) is 11.2. The number of carbonyl (C=O) groups is 1. The molecular weight excluding hydrogens is 262 g/mol. The van der Waals surface area contributed by atoms with Crippen molar-refractivity contribution in [3.8, 4) is 0 Å². The number of rotatable bonds is 3. The van der Waals surface area contributed by atoms with Gasteiger partial charge in [-0.15, -0.1) is 0 Å². The first-order valence-electron chi connectivity index (χ1n) is 5.70. The predicted molar refractivity (Wildman–Crippen MR) is 78.8 cm³/mol. The van der Waals surface area contributed by atoms with E-state index >= 15 is 0 Å². The summed E-state index contributed by atoms with van der Waals surface area (Å²) in [7, 11) is 0. The lowest BCUT2D eigenvalue weighted by Gasteiger charge is -2.11. The lowest BCUT2D eigenvalue weighted by atomic mass is 10.1. The van der Waals surface area contributed by atoms with E-state index in [1.807, 2.05) is 25.1 Å². The first-order chi connectivity index (χ1) is 8.97. The highest BCUT2D eigenvalue weighted by atomic mass is 35.5. The second-order valence-electron chi connectivity index (χ2n) is 4.25. The van der Waals surface area contributed by atoms with E-state index in [0.29, 0.717) is 16.3 Å². The SMILES string of the molecule is Cc1ccc(Cl)cc1Nc1ccc(N)c(C(N)=O)c1. The van der Waals surface area contributed by atoms with Crippen molar-refractivity contribution < 1.29 is 4.79 Å². The number of hydrogen-bond donors (Lipinski definition) is 3. The summed E-state index contributed by atoms with van der Waals surface area (Å²) in [5, 5.41) is 3.83. The van der Waals surface area contributed by atoms with Gasteiger partial charge in [0.2, 0.25) is 0 Å². The van der Waals surface area contributed by atoms with E-state index < -0.39 is 5.91 Å². The third-order valence-electron chi connectivity index (χ3n) is 2.80. The van der Waals surface area contributed by atoms with E-state index in [1.54, 1.807) is 18.2 Å². The van der Waals surface area contributed by atoms with E-state index in [0.717, 1.165) is 16.9 Å². The van der Waals surface area contributed by atoms with Gasteiger partial charge >= 0.3 is 0 Å². The summed E-state index contributed by atoms with van der Waals surface area (Å²) in [6.45, 7) is 1.96. The molecule has 0 heterocycles. The molecule has 0 radical (unpaired) electrons. The summed E-state index contributed by atoms with van der Waals surface area (Å²) in [4.78, 5) is 11.2. The fourth-order valence-corrected chi connectivity index (χ4v) is 1.90. The highest BCUT2D eigenvalue weighted by Crippen LogP contribution is 2.26. The van der Waals surface area contributed by atoms with Crippen LogP contribution in [0.4, 0.5) is 17.1 Å². The Morgan fingerprint density at radius 1 is 1.21 bits per heavy atom. The lowest BCUT2D eigenvalue weighted by molar-refractivity contribution is 0.100. The number of nitrogens with one attached hydrogen (secondary N) is 1. The van der Waals surface area contributed by atoms with Crippen LogP contribution in [0.25, 0.3) is 0 Å². The zero-order chi connectivity index (χ0) is 14.0. The normalized spacial score (nSPS) is 10.2. The maximum absolute atomic E-state index is 11.2. The highest BCUT2D eigenvalue weighted by molar-refractivity contribution is 6.30. The van der Waals surface area contributed by atoms with Crippen LogP contribution in [-0.4, -0.2) is 5.91 Å². The molecule has 19 heavy (non-hydrogen) atoms. The number of hydrogen-bond acceptors (Lipinski definition) is 3. The summed E-state index contributed by atoms with van der Waals surface area (Å²) < 4.78 is 0. The molecular formula is C14H14ClN3O. The van der Waals surface area contributed by atoms with Gasteiger partial charge < -0.3 is 16.8 Å². The van der Waals surface area contributed by atoms with Crippen molar-refractivity contribution in [1.82, 2.24) is 0 Å². The largest absolute Gasteiger partial charge is 0.398 e. The molecule has 0 spiro atoms. The summed E-state index contributed by atoms with van der Waals surface area (Å²) in [5.74, 6) is -0.552. The Hall–Kier alpha value is -2.20. The van der Waals surface area contributed by atoms with Crippen LogP contribution in [0.15, 0.2) is 36.4 Å². The number of aryl methyl sites for hydroxylation is 1. The monoisotopic (exact) mass is 275 g/mol. The minimum atomic E-state index is -0.552. The fraction of sp³-hybridized carbons (Fsp3) is 0.0714. The van der Waals surface area contributed by atoms with Gasteiger partial charge in [0, 0.05) is 22.1 Å². The molecule has 4 nitrogen and oxygen atoms in total. The molecule has 0 aliphatic carbocycles. The number of halogens is 1. The molecule has 2 rings (SSSR count). The summed E-state index contributed by atoms with van der Waals surface area (Å²) in [6, 6.07) is 10.6. The average molecular weight is 276 g/mol. The van der Waals surface area contributed by atoms with Crippen molar-refractivity contribution >= 4 is 34.6 Å². The molecule has 0 fully saturated rings. The third-order valence-corrected chi connectivity index (χ3v) is 3.03. The maximum atomic E-state index is 11.2. The van der Waals surface area contributed by atoms with E-state index in [1.165, 1.54) is 0 Å². The summed E-state index contributed by atoms with van der Waals surface area (Å²) in [5.41, 5.74) is 14.3. The number of benzene rings is 2. The highest BCUT2D eigenvalue weighted by Gasteiger charge is 2.07. The van der Waals surface area contributed by atoms with Gasteiger partial charge in [-0.25, -0.2) is 0 Å². The van der Waals surface area contributed by atoms with E-state index in [4.69, 9.17) is 23.1 Å². The molecule has 0 bridgehead atoms. The second kappa shape index (κ2) is 5.20. The molecule has 2 aromatic rings. The van der Waals surface area contributed by atoms with Crippen molar-refractivity contribution in [2.75, 3.05) is 11.1 Å². The Morgan fingerprint density at radius 3 is 2.63 bits per heavy atom. The minimum absolute atomic E-state index is 0.296. The molecule has 0 aliphatic heterocycles. The summed E-state index contributed by atoms with van der Waals surface area (Å²) in [6.07, 6.45) is 0. The number of amides is 1. The summed E-state index contributed by atoms with van der Waals surface area (Å²) >= 11 is 5.96. The van der Waals surface area contributed by atoms with Gasteiger partial charge in [-0.05, 0) is 42.8 Å². The number of carbonyl (C=O) groups excluding carboxylic acids is 1. The van der Waals surface area contributed by atoms with Crippen LogP contribution in [0.2, 0.25) is 5.02 Å². The Balaban J connectivity index is 2.36. The van der Waals surface area contributed by atoms with Gasteiger partial charge in [-0.2, -0.15) is 0 Å². The fourth-order valence-electron chi connectivity index (χ4n) is 1.73. The second-order valence-corrected chi connectivity index (χ2v) is 4.69. The number of anilines is 3. The third kappa shape index (κ3) is 2.98. The van der Waals surface area contributed by atoms with Crippen LogP contribution in [0, 0.1) is 6.92 Å². The van der Waals surface area contributed by atoms with Gasteiger partial charge in [0.25, 0.3) is 5.91 Å². The first kappa shape index (κ1) is 13.2. The smallest absolute Gasteiger partial charge is 0.250 e. The van der Waals surface area contributed by atoms with Crippen LogP contribution < -0.4 is 16.8 Å². The molecule has 0 saturated carbocycles. The molecule has 5 N–H and O–H groups in total. The van der Waals surface area contributed by atoms with E-state index in [-0.39, 0.29) is 0 Å². The molecule has 0 aromatic heterocycles. The maximum Gasteiger partial charge on any atom is 0.250 e. The standard InChI is InChI=1S/C14H14ClN3O/c1-8-2-3-9(15)6-13(8)18-10-4-5-12(16)11(7-10)14(17)19/h2-7,18H,16H2,1H3,(H2,17,19). The molecule has 2 aromatic carbocycles. The average Bonchev–Trinajstić information content (AvgIpc) is 2.36. The van der Waals surface area contributed by atoms with Gasteiger partial charge in [-0.3, -0.25) is 4.79 Å². The van der Waals surface area contributed by atoms with Crippen LogP contribution >= 0.6 is 11.6 Å². The Labute approximate surface area is 116 Å². The van der Waals surface area contributed by atoms with Crippen LogP contribution in [0.1, 0.15) is 15.9 Å². The molecule has 0 aliphatic rings. The van der Waals surface area contributed by atoms with Crippen molar-refractivity contribution in [2.45, 2.75) is 6.92 Å². The topological polar surface area (TPSA) is 81.1 Å². The molecule has 0 unspecified atom stereocenters. The Kier molecular flexibility index (Phi) is 3.62. The van der Waals surface area contributed by atoms with Crippen LogP contribution in [-0.2, 0) is 0 Å². The van der Waals surface area contributed by atoms with Gasteiger partial charge in [0.15, 0.2) is 0 Å². The Bertz CT molecular complexity index is 641.